The average Bonchev–Trinajstić information content (AvgIpc) is 2.63. The molecule has 1 saturated heterocycles. The van der Waals surface area contributed by atoms with Gasteiger partial charge in [0.1, 0.15) is 12.4 Å². The first-order chi connectivity index (χ1) is 13.6. The summed E-state index contributed by atoms with van der Waals surface area (Å²) in [5, 5.41) is 3.50. The fraction of sp³-hybridized carbons (Fsp3) is 0.619. The number of likely N-dealkylation sites (N-methyl/N-ethyl adjacent to an activating group) is 1. The molecule has 1 aromatic rings. The molecular formula is C21H33ClN4O3. The number of carbonyl (C=O) groups is 2. The fourth-order valence-corrected chi connectivity index (χ4v) is 3.28. The zero-order chi connectivity index (χ0) is 21.4. The first-order valence-electron chi connectivity index (χ1n) is 10.0. The summed E-state index contributed by atoms with van der Waals surface area (Å²) < 4.78 is 5.75. The Morgan fingerprint density at radius 3 is 2.38 bits per heavy atom. The van der Waals surface area contributed by atoms with Crippen LogP contribution in [0.4, 0.5) is 0 Å². The Bertz CT molecular complexity index is 685. The minimum Gasteiger partial charge on any atom is -0.491 e. The second kappa shape index (κ2) is 10.8. The van der Waals surface area contributed by atoms with Gasteiger partial charge >= 0.3 is 0 Å². The van der Waals surface area contributed by atoms with Gasteiger partial charge in [-0.15, -0.1) is 0 Å². The number of nitrogens with one attached hydrogen (secondary N) is 1. The molecule has 1 aliphatic heterocycles. The topological polar surface area (TPSA) is 65.1 Å². The number of carbonyl (C=O) groups excluding carboxylic acids is 2. The smallest absolute Gasteiger partial charge is 0.240 e. The summed E-state index contributed by atoms with van der Waals surface area (Å²) in [7, 11) is 1.67. The minimum atomic E-state index is -0.299. The van der Waals surface area contributed by atoms with Gasteiger partial charge in [0, 0.05) is 45.3 Å². The number of amides is 2. The second-order valence-corrected chi connectivity index (χ2v) is 8.85. The van der Waals surface area contributed by atoms with Crippen LogP contribution in [-0.2, 0) is 9.59 Å². The molecule has 162 valence electrons. The summed E-state index contributed by atoms with van der Waals surface area (Å²) in [5.74, 6) is 0.526. The summed E-state index contributed by atoms with van der Waals surface area (Å²) in [6.45, 7) is 11.0. The maximum atomic E-state index is 12.4. The lowest BCUT2D eigenvalue weighted by molar-refractivity contribution is -0.136. The standard InChI is InChI=1S/C21H33ClN4O3/c1-21(2,3)23-19(27)15-24(4)20(28)16-26-11-9-25(10-12-26)13-14-29-18-8-6-5-7-17(18)22/h5-8H,9-16H2,1-4H3,(H,23,27). The molecule has 1 N–H and O–H groups in total. The third-order valence-corrected chi connectivity index (χ3v) is 4.96. The van der Waals surface area contributed by atoms with Gasteiger partial charge in [-0.3, -0.25) is 19.4 Å². The van der Waals surface area contributed by atoms with Crippen LogP contribution < -0.4 is 10.1 Å². The van der Waals surface area contributed by atoms with E-state index in [1.807, 2.05) is 45.0 Å². The highest BCUT2D eigenvalue weighted by Gasteiger charge is 2.22. The van der Waals surface area contributed by atoms with E-state index < -0.39 is 0 Å². The van der Waals surface area contributed by atoms with E-state index in [-0.39, 0.29) is 23.9 Å². The van der Waals surface area contributed by atoms with Crippen LogP contribution in [0.3, 0.4) is 0 Å². The predicted octanol–water partition coefficient (Wildman–Crippen LogP) is 1.71. The first kappa shape index (κ1) is 23.4. The maximum Gasteiger partial charge on any atom is 0.240 e. The minimum absolute atomic E-state index is 0.0374. The number of piperazine rings is 1. The van der Waals surface area contributed by atoms with E-state index in [0.717, 1.165) is 32.7 Å². The summed E-state index contributed by atoms with van der Waals surface area (Å²) in [6, 6.07) is 7.46. The Morgan fingerprint density at radius 2 is 1.76 bits per heavy atom. The van der Waals surface area contributed by atoms with Gasteiger partial charge in [-0.1, -0.05) is 23.7 Å². The Kier molecular flexibility index (Phi) is 8.74. The molecule has 8 heteroatoms. The highest BCUT2D eigenvalue weighted by atomic mass is 35.5. The van der Waals surface area contributed by atoms with Gasteiger partial charge < -0.3 is 15.0 Å². The molecule has 0 spiro atoms. The van der Waals surface area contributed by atoms with E-state index in [9.17, 15) is 9.59 Å². The number of para-hydroxylation sites is 1. The van der Waals surface area contributed by atoms with Crippen LogP contribution in [0.1, 0.15) is 20.8 Å². The van der Waals surface area contributed by atoms with Gasteiger partial charge in [-0.05, 0) is 32.9 Å². The third kappa shape index (κ3) is 8.60. The Labute approximate surface area is 178 Å². The van der Waals surface area contributed by atoms with Gasteiger partial charge in [-0.2, -0.15) is 0 Å². The average molecular weight is 425 g/mol. The Balaban J connectivity index is 1.65. The van der Waals surface area contributed by atoms with Crippen LogP contribution in [0.2, 0.25) is 5.02 Å². The summed E-state index contributed by atoms with van der Waals surface area (Å²) in [5.41, 5.74) is -0.299. The predicted molar refractivity (Wildman–Crippen MR) is 115 cm³/mol. The van der Waals surface area contributed by atoms with Crippen molar-refractivity contribution in [3.05, 3.63) is 29.3 Å². The Hall–Kier alpha value is -1.83. The molecule has 0 atom stereocenters. The molecule has 1 heterocycles. The van der Waals surface area contributed by atoms with Crippen molar-refractivity contribution in [1.82, 2.24) is 20.0 Å². The van der Waals surface area contributed by atoms with Crippen LogP contribution in [0.25, 0.3) is 0 Å². The van der Waals surface area contributed by atoms with Crippen LogP contribution in [-0.4, -0.2) is 91.5 Å². The summed E-state index contributed by atoms with van der Waals surface area (Å²) in [4.78, 5) is 30.3. The van der Waals surface area contributed by atoms with Crippen molar-refractivity contribution < 1.29 is 14.3 Å². The monoisotopic (exact) mass is 424 g/mol. The van der Waals surface area contributed by atoms with Gasteiger partial charge in [0.05, 0.1) is 18.1 Å². The van der Waals surface area contributed by atoms with Crippen LogP contribution in [0, 0.1) is 0 Å². The lowest BCUT2D eigenvalue weighted by Gasteiger charge is -2.34. The highest BCUT2D eigenvalue weighted by molar-refractivity contribution is 6.32. The number of rotatable bonds is 8. The SMILES string of the molecule is CN(CC(=O)NC(C)(C)C)C(=O)CN1CCN(CCOc2ccccc2Cl)CC1. The summed E-state index contributed by atoms with van der Waals surface area (Å²) >= 11 is 6.10. The van der Waals surface area contributed by atoms with E-state index in [1.54, 1.807) is 7.05 Å². The number of nitrogens with zero attached hydrogens (tertiary/aromatic N) is 3. The number of halogens is 1. The lowest BCUT2D eigenvalue weighted by atomic mass is 10.1. The van der Waals surface area contributed by atoms with Crippen molar-refractivity contribution in [2.75, 3.05) is 59.5 Å². The van der Waals surface area contributed by atoms with E-state index in [1.165, 1.54) is 4.90 Å². The molecule has 1 aliphatic rings. The molecular weight excluding hydrogens is 392 g/mol. The van der Waals surface area contributed by atoms with Crippen molar-refractivity contribution >= 4 is 23.4 Å². The number of benzene rings is 1. The molecule has 29 heavy (non-hydrogen) atoms. The first-order valence-corrected chi connectivity index (χ1v) is 10.4. The van der Waals surface area contributed by atoms with Crippen molar-refractivity contribution in [3.63, 3.8) is 0 Å². The molecule has 0 unspecified atom stereocenters. The van der Waals surface area contributed by atoms with Crippen molar-refractivity contribution in [3.8, 4) is 5.75 Å². The van der Waals surface area contributed by atoms with Crippen molar-refractivity contribution in [2.45, 2.75) is 26.3 Å². The molecule has 7 nitrogen and oxygen atoms in total. The van der Waals surface area contributed by atoms with Gasteiger partial charge in [0.25, 0.3) is 0 Å². The van der Waals surface area contributed by atoms with Crippen molar-refractivity contribution in [2.24, 2.45) is 0 Å². The quantitative estimate of drug-likeness (QED) is 0.688. The molecule has 2 amide bonds. The number of hydrogen-bond donors (Lipinski definition) is 1. The second-order valence-electron chi connectivity index (χ2n) is 8.44. The van der Waals surface area contributed by atoms with Gasteiger partial charge in [0.2, 0.25) is 11.8 Å². The van der Waals surface area contributed by atoms with Gasteiger partial charge in [-0.25, -0.2) is 0 Å². The number of hydrogen-bond acceptors (Lipinski definition) is 5. The highest BCUT2D eigenvalue weighted by Crippen LogP contribution is 2.22. The number of ether oxygens (including phenoxy) is 1. The fourth-order valence-electron chi connectivity index (χ4n) is 3.09. The Morgan fingerprint density at radius 1 is 1.14 bits per heavy atom. The molecule has 1 fully saturated rings. The molecule has 0 aliphatic carbocycles. The van der Waals surface area contributed by atoms with Crippen molar-refractivity contribution in [1.29, 1.82) is 0 Å². The summed E-state index contributed by atoms with van der Waals surface area (Å²) in [6.07, 6.45) is 0. The van der Waals surface area contributed by atoms with Gasteiger partial charge in [0.15, 0.2) is 0 Å². The normalized spacial score (nSPS) is 15.8. The van der Waals surface area contributed by atoms with E-state index in [2.05, 4.69) is 15.1 Å². The van der Waals surface area contributed by atoms with Crippen LogP contribution in [0.5, 0.6) is 5.75 Å². The van der Waals surface area contributed by atoms with E-state index in [0.29, 0.717) is 23.9 Å². The molecule has 0 aromatic heterocycles. The molecule has 1 aromatic carbocycles. The largest absolute Gasteiger partial charge is 0.491 e. The van der Waals surface area contributed by atoms with Crippen LogP contribution >= 0.6 is 11.6 Å². The third-order valence-electron chi connectivity index (χ3n) is 4.65. The van der Waals surface area contributed by atoms with E-state index >= 15 is 0 Å². The molecule has 0 radical (unpaired) electrons. The van der Waals surface area contributed by atoms with E-state index in [4.69, 9.17) is 16.3 Å². The zero-order valence-electron chi connectivity index (χ0n) is 17.9. The molecule has 2 rings (SSSR count). The maximum absolute atomic E-state index is 12.4. The zero-order valence-corrected chi connectivity index (χ0v) is 18.7. The molecule has 0 saturated carbocycles. The van der Waals surface area contributed by atoms with Crippen LogP contribution in [0.15, 0.2) is 24.3 Å². The molecule has 0 bridgehead atoms. The lowest BCUT2D eigenvalue weighted by Crippen LogP contribution is -2.51.